The predicted octanol–water partition coefficient (Wildman–Crippen LogP) is 4.28. The number of fused-ring (bicyclic) bond motifs is 1. The summed E-state index contributed by atoms with van der Waals surface area (Å²) in [6.07, 6.45) is 0.0700. The van der Waals surface area contributed by atoms with E-state index in [2.05, 4.69) is 10.3 Å². The SMILES string of the molecule is Cc1ccc(NC(=O)C(OC(=O)Cn2cnc3ccccc3c2=O)c2ccccc2)cc1Cl. The first-order valence-electron chi connectivity index (χ1n) is 10.2. The molecule has 0 radical (unpaired) electrons. The van der Waals surface area contributed by atoms with Crippen LogP contribution in [0.4, 0.5) is 5.69 Å². The van der Waals surface area contributed by atoms with E-state index in [1.165, 1.54) is 6.33 Å². The Bertz CT molecular complexity index is 1390. The van der Waals surface area contributed by atoms with Crippen LogP contribution in [0.2, 0.25) is 5.02 Å². The number of benzene rings is 3. The van der Waals surface area contributed by atoms with E-state index in [1.54, 1.807) is 72.8 Å². The molecule has 1 heterocycles. The molecular weight excluding hydrogens is 442 g/mol. The highest BCUT2D eigenvalue weighted by atomic mass is 35.5. The van der Waals surface area contributed by atoms with Crippen LogP contribution < -0.4 is 10.9 Å². The normalized spacial score (nSPS) is 11.7. The van der Waals surface area contributed by atoms with Gasteiger partial charge in [-0.05, 0) is 36.8 Å². The van der Waals surface area contributed by atoms with Gasteiger partial charge in [-0.25, -0.2) is 4.98 Å². The average Bonchev–Trinajstić information content (AvgIpc) is 2.82. The zero-order chi connectivity index (χ0) is 23.4. The molecule has 7 nitrogen and oxygen atoms in total. The number of rotatable bonds is 6. The number of hydrogen-bond acceptors (Lipinski definition) is 5. The Labute approximate surface area is 194 Å². The molecule has 0 saturated carbocycles. The van der Waals surface area contributed by atoms with Gasteiger partial charge in [-0.1, -0.05) is 60.1 Å². The van der Waals surface area contributed by atoms with E-state index in [-0.39, 0.29) is 12.1 Å². The smallest absolute Gasteiger partial charge is 0.327 e. The van der Waals surface area contributed by atoms with Crippen molar-refractivity contribution in [1.82, 2.24) is 9.55 Å². The first kappa shape index (κ1) is 22.2. The number of para-hydroxylation sites is 1. The first-order chi connectivity index (χ1) is 15.9. The van der Waals surface area contributed by atoms with E-state index < -0.39 is 18.0 Å². The number of aryl methyl sites for hydroxylation is 1. The van der Waals surface area contributed by atoms with Crippen molar-refractivity contribution in [2.45, 2.75) is 19.6 Å². The third-order valence-corrected chi connectivity index (χ3v) is 5.47. The van der Waals surface area contributed by atoms with Crippen molar-refractivity contribution in [3.8, 4) is 0 Å². The highest BCUT2D eigenvalue weighted by molar-refractivity contribution is 6.31. The predicted molar refractivity (Wildman–Crippen MR) is 126 cm³/mol. The summed E-state index contributed by atoms with van der Waals surface area (Å²) in [6, 6.07) is 20.6. The maximum absolute atomic E-state index is 13.0. The standard InChI is InChI=1S/C25H20ClN3O4/c1-16-11-12-18(13-20(16)26)28-24(31)23(17-7-3-2-4-8-17)33-22(30)14-29-15-27-21-10-6-5-9-19(21)25(29)32/h2-13,15,23H,14H2,1H3,(H,28,31). The Kier molecular flexibility index (Phi) is 6.51. The summed E-state index contributed by atoms with van der Waals surface area (Å²) in [5, 5.41) is 3.63. The number of carbonyl (C=O) groups is 2. The van der Waals surface area contributed by atoms with Crippen LogP contribution in [0, 0.1) is 6.92 Å². The van der Waals surface area contributed by atoms with Crippen LogP contribution in [0.25, 0.3) is 10.9 Å². The number of amides is 1. The molecule has 1 aromatic heterocycles. The minimum Gasteiger partial charge on any atom is -0.446 e. The molecule has 0 aliphatic heterocycles. The van der Waals surface area contributed by atoms with Crippen LogP contribution in [0.1, 0.15) is 17.2 Å². The van der Waals surface area contributed by atoms with Crippen molar-refractivity contribution in [3.05, 3.63) is 106 Å². The van der Waals surface area contributed by atoms with Crippen molar-refractivity contribution in [3.63, 3.8) is 0 Å². The van der Waals surface area contributed by atoms with E-state index in [1.807, 2.05) is 6.92 Å². The van der Waals surface area contributed by atoms with Crippen LogP contribution in [0.15, 0.2) is 83.9 Å². The largest absolute Gasteiger partial charge is 0.446 e. The lowest BCUT2D eigenvalue weighted by atomic mass is 10.1. The van der Waals surface area contributed by atoms with Gasteiger partial charge in [-0.15, -0.1) is 0 Å². The van der Waals surface area contributed by atoms with Gasteiger partial charge in [0.2, 0.25) is 6.10 Å². The monoisotopic (exact) mass is 461 g/mol. The van der Waals surface area contributed by atoms with Crippen LogP contribution >= 0.6 is 11.6 Å². The van der Waals surface area contributed by atoms with E-state index in [0.717, 1.165) is 10.1 Å². The highest BCUT2D eigenvalue weighted by Crippen LogP contribution is 2.23. The van der Waals surface area contributed by atoms with Gasteiger partial charge in [0, 0.05) is 16.3 Å². The van der Waals surface area contributed by atoms with Gasteiger partial charge in [-0.3, -0.25) is 19.0 Å². The molecule has 0 bridgehead atoms. The molecule has 4 aromatic rings. The zero-order valence-corrected chi connectivity index (χ0v) is 18.5. The van der Waals surface area contributed by atoms with Crippen LogP contribution in [-0.2, 0) is 20.9 Å². The minimum atomic E-state index is -1.22. The topological polar surface area (TPSA) is 90.3 Å². The third kappa shape index (κ3) is 5.10. The summed E-state index contributed by atoms with van der Waals surface area (Å²) < 4.78 is 6.68. The molecule has 8 heteroatoms. The maximum atomic E-state index is 13.0. The quantitative estimate of drug-likeness (QED) is 0.433. The van der Waals surface area contributed by atoms with Gasteiger partial charge < -0.3 is 10.1 Å². The van der Waals surface area contributed by atoms with Crippen molar-refractivity contribution in [2.75, 3.05) is 5.32 Å². The second kappa shape index (κ2) is 9.67. The molecule has 166 valence electrons. The molecule has 4 rings (SSSR count). The number of hydrogen-bond donors (Lipinski definition) is 1. The number of carbonyl (C=O) groups excluding carboxylic acids is 2. The Morgan fingerprint density at radius 3 is 2.55 bits per heavy atom. The van der Waals surface area contributed by atoms with E-state index in [9.17, 15) is 14.4 Å². The number of nitrogens with zero attached hydrogens (tertiary/aromatic N) is 2. The molecule has 1 amide bonds. The summed E-state index contributed by atoms with van der Waals surface area (Å²) in [7, 11) is 0. The lowest BCUT2D eigenvalue weighted by molar-refractivity contribution is -0.155. The molecule has 1 unspecified atom stereocenters. The molecule has 1 atom stereocenters. The first-order valence-corrected chi connectivity index (χ1v) is 10.6. The van der Waals surface area contributed by atoms with Gasteiger partial charge in [0.25, 0.3) is 11.5 Å². The summed E-state index contributed by atoms with van der Waals surface area (Å²) >= 11 is 6.15. The van der Waals surface area contributed by atoms with Crippen molar-refractivity contribution in [1.29, 1.82) is 0 Å². The highest BCUT2D eigenvalue weighted by Gasteiger charge is 2.25. The summed E-state index contributed by atoms with van der Waals surface area (Å²) in [6.45, 7) is 1.47. The number of ether oxygens (including phenoxy) is 1. The van der Waals surface area contributed by atoms with Crippen LogP contribution in [0.3, 0.4) is 0 Å². The minimum absolute atomic E-state index is 0.368. The number of anilines is 1. The fourth-order valence-corrected chi connectivity index (χ4v) is 3.49. The fraction of sp³-hybridized carbons (Fsp3) is 0.120. The summed E-state index contributed by atoms with van der Waals surface area (Å²) in [5.41, 5.74) is 2.00. The van der Waals surface area contributed by atoms with E-state index >= 15 is 0 Å². The van der Waals surface area contributed by atoms with Gasteiger partial charge in [0.15, 0.2) is 0 Å². The molecule has 0 aliphatic rings. The van der Waals surface area contributed by atoms with Crippen LogP contribution in [0.5, 0.6) is 0 Å². The molecule has 33 heavy (non-hydrogen) atoms. The molecule has 0 aliphatic carbocycles. The van der Waals surface area contributed by atoms with E-state index in [0.29, 0.717) is 27.2 Å². The summed E-state index contributed by atoms with van der Waals surface area (Å²) in [4.78, 5) is 42.6. The van der Waals surface area contributed by atoms with Gasteiger partial charge >= 0.3 is 5.97 Å². The number of aromatic nitrogens is 2. The van der Waals surface area contributed by atoms with Gasteiger partial charge in [0.1, 0.15) is 6.54 Å². The number of nitrogens with one attached hydrogen (secondary N) is 1. The lowest BCUT2D eigenvalue weighted by Gasteiger charge is -2.18. The lowest BCUT2D eigenvalue weighted by Crippen LogP contribution is -2.30. The van der Waals surface area contributed by atoms with Crippen LogP contribution in [-0.4, -0.2) is 21.4 Å². The van der Waals surface area contributed by atoms with Crippen molar-refractivity contribution < 1.29 is 14.3 Å². The Morgan fingerprint density at radius 2 is 1.79 bits per heavy atom. The Morgan fingerprint density at radius 1 is 1.06 bits per heavy atom. The molecular formula is C25H20ClN3O4. The Hall–Kier alpha value is -3.97. The zero-order valence-electron chi connectivity index (χ0n) is 17.7. The maximum Gasteiger partial charge on any atom is 0.327 e. The third-order valence-electron chi connectivity index (χ3n) is 5.06. The van der Waals surface area contributed by atoms with Gasteiger partial charge in [0.05, 0.1) is 17.2 Å². The van der Waals surface area contributed by atoms with Crippen molar-refractivity contribution in [2.24, 2.45) is 0 Å². The molecule has 3 aromatic carbocycles. The molecule has 0 fully saturated rings. The molecule has 0 saturated heterocycles. The average molecular weight is 462 g/mol. The van der Waals surface area contributed by atoms with Gasteiger partial charge in [-0.2, -0.15) is 0 Å². The Balaban J connectivity index is 1.56. The molecule has 1 N–H and O–H groups in total. The fourth-order valence-electron chi connectivity index (χ4n) is 3.31. The summed E-state index contributed by atoms with van der Waals surface area (Å²) in [5.74, 6) is -1.29. The second-order valence-electron chi connectivity index (χ2n) is 7.43. The van der Waals surface area contributed by atoms with Crippen molar-refractivity contribution >= 4 is 40.1 Å². The number of halogens is 1. The second-order valence-corrected chi connectivity index (χ2v) is 7.84. The number of esters is 1. The molecule has 0 spiro atoms. The van der Waals surface area contributed by atoms with E-state index in [4.69, 9.17) is 16.3 Å².